The Kier molecular flexibility index (Phi) is 4.89. The van der Waals surface area contributed by atoms with Gasteiger partial charge in [0.1, 0.15) is 0 Å². The summed E-state index contributed by atoms with van der Waals surface area (Å²) in [6, 6.07) is 7.86. The van der Waals surface area contributed by atoms with Crippen LogP contribution < -0.4 is 0 Å². The lowest BCUT2D eigenvalue weighted by molar-refractivity contribution is 0.0690. The van der Waals surface area contributed by atoms with Gasteiger partial charge in [-0.3, -0.25) is 4.79 Å². The third-order valence-corrected chi connectivity index (χ3v) is 5.85. The van der Waals surface area contributed by atoms with E-state index >= 15 is 0 Å². The van der Waals surface area contributed by atoms with E-state index in [0.29, 0.717) is 16.6 Å². The Morgan fingerprint density at radius 3 is 2.64 bits per heavy atom. The van der Waals surface area contributed by atoms with Crippen molar-refractivity contribution >= 4 is 39.1 Å². The Bertz CT molecular complexity index is 942. The molecule has 0 aliphatic rings. The zero-order valence-corrected chi connectivity index (χ0v) is 16.7. The molecule has 0 unspecified atom stereocenters. The minimum Gasteiger partial charge on any atom is -0.352 e. The second kappa shape index (κ2) is 6.81. The fourth-order valence-corrected chi connectivity index (χ4v) is 3.98. The van der Waals surface area contributed by atoms with Gasteiger partial charge in [0.05, 0.1) is 10.2 Å². The van der Waals surface area contributed by atoms with Crippen molar-refractivity contribution in [1.29, 1.82) is 0 Å². The first-order valence-electron chi connectivity index (χ1n) is 8.26. The van der Waals surface area contributed by atoms with Crippen LogP contribution in [0.25, 0.3) is 10.2 Å². The number of aromatic nitrogens is 2. The SMILES string of the molecule is Cc1cc(CN(C(=O)c2ccc3sc(Cl)nc3c2)C(C)C)c(C)n1C. The first-order chi connectivity index (χ1) is 11.8. The number of amides is 1. The van der Waals surface area contributed by atoms with E-state index in [0.717, 1.165) is 10.2 Å². The van der Waals surface area contributed by atoms with Gasteiger partial charge in [0.2, 0.25) is 0 Å². The topological polar surface area (TPSA) is 38.1 Å². The van der Waals surface area contributed by atoms with Crippen molar-refractivity contribution in [2.24, 2.45) is 7.05 Å². The third-order valence-electron chi connectivity index (χ3n) is 4.71. The minimum atomic E-state index is 0.0157. The molecule has 3 rings (SSSR count). The summed E-state index contributed by atoms with van der Waals surface area (Å²) in [7, 11) is 2.05. The normalized spacial score (nSPS) is 11.5. The highest BCUT2D eigenvalue weighted by atomic mass is 35.5. The van der Waals surface area contributed by atoms with Gasteiger partial charge in [0.25, 0.3) is 5.91 Å². The maximum absolute atomic E-state index is 13.1. The zero-order chi connectivity index (χ0) is 18.3. The number of hydrogen-bond acceptors (Lipinski definition) is 3. The second-order valence-electron chi connectivity index (χ2n) is 6.63. The first-order valence-corrected chi connectivity index (χ1v) is 9.46. The summed E-state index contributed by atoms with van der Waals surface area (Å²) in [6.45, 7) is 8.86. The molecule has 0 aliphatic carbocycles. The molecule has 1 aromatic carbocycles. The number of aryl methyl sites for hydroxylation is 1. The van der Waals surface area contributed by atoms with Gasteiger partial charge in [-0.15, -0.1) is 11.3 Å². The van der Waals surface area contributed by atoms with Crippen molar-refractivity contribution in [3.63, 3.8) is 0 Å². The van der Waals surface area contributed by atoms with E-state index in [2.05, 4.69) is 36.5 Å². The van der Waals surface area contributed by atoms with E-state index in [1.54, 1.807) is 0 Å². The summed E-state index contributed by atoms with van der Waals surface area (Å²) in [5.41, 5.74) is 4.99. The van der Waals surface area contributed by atoms with Crippen molar-refractivity contribution in [3.05, 3.63) is 51.2 Å². The summed E-state index contributed by atoms with van der Waals surface area (Å²) in [5.74, 6) is 0.0157. The monoisotopic (exact) mass is 375 g/mol. The molecule has 0 radical (unpaired) electrons. The molecular weight excluding hydrogens is 354 g/mol. The average Bonchev–Trinajstić information content (AvgIpc) is 3.05. The van der Waals surface area contributed by atoms with Gasteiger partial charge in [0, 0.05) is 36.6 Å². The van der Waals surface area contributed by atoms with Crippen LogP contribution in [0.1, 0.15) is 41.2 Å². The Balaban J connectivity index is 1.93. The summed E-state index contributed by atoms with van der Waals surface area (Å²) < 4.78 is 3.64. The fraction of sp³-hybridized carbons (Fsp3) is 0.368. The van der Waals surface area contributed by atoms with Gasteiger partial charge in [-0.25, -0.2) is 4.98 Å². The molecule has 2 aromatic heterocycles. The quantitative estimate of drug-likeness (QED) is 0.646. The van der Waals surface area contributed by atoms with Crippen LogP contribution in [0.4, 0.5) is 0 Å². The number of thiazole rings is 1. The van der Waals surface area contributed by atoms with Crippen molar-refractivity contribution in [2.45, 2.75) is 40.3 Å². The molecular formula is C19H22ClN3OS. The van der Waals surface area contributed by atoms with Crippen LogP contribution in [0.2, 0.25) is 4.47 Å². The van der Waals surface area contributed by atoms with Crippen LogP contribution in [0, 0.1) is 13.8 Å². The maximum atomic E-state index is 13.1. The highest BCUT2D eigenvalue weighted by Crippen LogP contribution is 2.27. The molecule has 3 aromatic rings. The fourth-order valence-electron chi connectivity index (χ4n) is 2.96. The van der Waals surface area contributed by atoms with Crippen molar-refractivity contribution in [1.82, 2.24) is 14.5 Å². The number of nitrogens with zero attached hydrogens (tertiary/aromatic N) is 3. The van der Waals surface area contributed by atoms with Gasteiger partial charge >= 0.3 is 0 Å². The van der Waals surface area contributed by atoms with Gasteiger partial charge in [0.15, 0.2) is 4.47 Å². The number of carbonyl (C=O) groups excluding carboxylic acids is 1. The number of rotatable bonds is 4. The molecule has 4 nitrogen and oxygen atoms in total. The molecule has 0 N–H and O–H groups in total. The van der Waals surface area contributed by atoms with Crippen LogP contribution in [-0.2, 0) is 13.6 Å². The highest BCUT2D eigenvalue weighted by Gasteiger charge is 2.21. The lowest BCUT2D eigenvalue weighted by Crippen LogP contribution is -2.36. The first kappa shape index (κ1) is 18.0. The molecule has 0 saturated carbocycles. The van der Waals surface area contributed by atoms with Crippen LogP contribution in [0.15, 0.2) is 24.3 Å². The molecule has 2 heterocycles. The van der Waals surface area contributed by atoms with Gasteiger partial charge < -0.3 is 9.47 Å². The van der Waals surface area contributed by atoms with E-state index in [9.17, 15) is 4.79 Å². The van der Waals surface area contributed by atoms with E-state index < -0.39 is 0 Å². The van der Waals surface area contributed by atoms with Crippen LogP contribution in [0.5, 0.6) is 0 Å². The smallest absolute Gasteiger partial charge is 0.254 e. The highest BCUT2D eigenvalue weighted by molar-refractivity contribution is 7.22. The van der Waals surface area contributed by atoms with Crippen molar-refractivity contribution in [2.75, 3.05) is 0 Å². The van der Waals surface area contributed by atoms with Crippen molar-refractivity contribution in [3.8, 4) is 0 Å². The van der Waals surface area contributed by atoms with E-state index in [4.69, 9.17) is 11.6 Å². The van der Waals surface area contributed by atoms with Gasteiger partial charge in [-0.05, 0) is 57.5 Å². The molecule has 0 bridgehead atoms. The predicted molar refractivity (Wildman–Crippen MR) is 105 cm³/mol. The van der Waals surface area contributed by atoms with Gasteiger partial charge in [-0.2, -0.15) is 0 Å². The second-order valence-corrected chi connectivity index (χ2v) is 8.24. The van der Waals surface area contributed by atoms with Crippen LogP contribution >= 0.6 is 22.9 Å². The largest absolute Gasteiger partial charge is 0.352 e. The Labute approximate surface area is 157 Å². The molecule has 25 heavy (non-hydrogen) atoms. The average molecular weight is 376 g/mol. The molecule has 0 saturated heterocycles. The third kappa shape index (κ3) is 3.44. The number of benzene rings is 1. The Morgan fingerprint density at radius 1 is 1.32 bits per heavy atom. The molecule has 0 atom stereocenters. The number of carbonyl (C=O) groups is 1. The lowest BCUT2D eigenvalue weighted by atomic mass is 10.1. The predicted octanol–water partition coefficient (Wildman–Crippen LogP) is 4.96. The molecule has 6 heteroatoms. The van der Waals surface area contributed by atoms with Crippen LogP contribution in [0.3, 0.4) is 0 Å². The lowest BCUT2D eigenvalue weighted by Gasteiger charge is -2.27. The maximum Gasteiger partial charge on any atom is 0.254 e. The zero-order valence-electron chi connectivity index (χ0n) is 15.1. The van der Waals surface area contributed by atoms with E-state index in [1.807, 2.05) is 36.9 Å². The Hall–Kier alpha value is -1.85. The molecule has 132 valence electrons. The van der Waals surface area contributed by atoms with Crippen LogP contribution in [-0.4, -0.2) is 26.4 Å². The summed E-state index contributed by atoms with van der Waals surface area (Å²) in [6.07, 6.45) is 0. The molecule has 0 fully saturated rings. The summed E-state index contributed by atoms with van der Waals surface area (Å²) in [5, 5.41) is 0. The molecule has 0 spiro atoms. The summed E-state index contributed by atoms with van der Waals surface area (Å²) >= 11 is 7.40. The van der Waals surface area contributed by atoms with E-state index in [-0.39, 0.29) is 11.9 Å². The van der Waals surface area contributed by atoms with E-state index in [1.165, 1.54) is 28.3 Å². The van der Waals surface area contributed by atoms with Gasteiger partial charge in [-0.1, -0.05) is 11.6 Å². The number of hydrogen-bond donors (Lipinski definition) is 0. The number of fused-ring (bicyclic) bond motifs is 1. The number of halogens is 1. The van der Waals surface area contributed by atoms with Crippen molar-refractivity contribution < 1.29 is 4.79 Å². The minimum absolute atomic E-state index is 0.0157. The molecule has 0 aliphatic heterocycles. The standard InChI is InChI=1S/C19H22ClN3OS/c1-11(2)23(10-15-8-12(3)22(5)13(15)4)18(24)14-6-7-17-16(9-14)21-19(20)25-17/h6-9,11H,10H2,1-5H3. The summed E-state index contributed by atoms with van der Waals surface area (Å²) in [4.78, 5) is 19.3. The molecule has 1 amide bonds. The Morgan fingerprint density at radius 2 is 2.04 bits per heavy atom.